The summed E-state index contributed by atoms with van der Waals surface area (Å²) in [5, 5.41) is 19.4. The normalized spacial score (nSPS) is 21.0. The number of rotatable bonds is 2. The van der Waals surface area contributed by atoms with Gasteiger partial charge in [-0.25, -0.2) is 13.6 Å². The molecule has 1 atom stereocenters. The average molecular weight is 311 g/mol. The summed E-state index contributed by atoms with van der Waals surface area (Å²) in [7, 11) is 0. The third kappa shape index (κ3) is 2.59. The molecule has 1 fully saturated rings. The number of amides is 2. The van der Waals surface area contributed by atoms with E-state index >= 15 is 0 Å². The first kappa shape index (κ1) is 14.6. The second-order valence-corrected chi connectivity index (χ2v) is 5.22. The first-order valence-corrected chi connectivity index (χ1v) is 6.85. The van der Waals surface area contributed by atoms with Crippen molar-refractivity contribution in [2.45, 2.75) is 12.3 Å². The fraction of sp³-hybridized carbons (Fsp3) is 0.462. The molecular formula is C13H15F2N5O2. The summed E-state index contributed by atoms with van der Waals surface area (Å²) in [5.74, 6) is -3.98. The van der Waals surface area contributed by atoms with Gasteiger partial charge >= 0.3 is 6.03 Å². The van der Waals surface area contributed by atoms with Crippen molar-refractivity contribution in [2.75, 3.05) is 25.0 Å². The summed E-state index contributed by atoms with van der Waals surface area (Å²) in [6.45, 7) is -0.942. The fourth-order valence-corrected chi connectivity index (χ4v) is 2.46. The van der Waals surface area contributed by atoms with Gasteiger partial charge in [0.2, 0.25) is 5.95 Å². The molecule has 9 heteroatoms. The number of piperidine rings is 1. The Hall–Kier alpha value is -2.29. The number of nitrogens with one attached hydrogen (secondary N) is 1. The zero-order chi connectivity index (χ0) is 15.7. The van der Waals surface area contributed by atoms with Crippen LogP contribution < -0.4 is 5.32 Å². The Balaban J connectivity index is 1.72. The number of aromatic nitrogens is 3. The van der Waals surface area contributed by atoms with Gasteiger partial charge in [0.05, 0.1) is 12.5 Å². The zero-order valence-electron chi connectivity index (χ0n) is 11.6. The molecule has 2 aromatic rings. The Morgan fingerprint density at radius 1 is 1.45 bits per heavy atom. The Morgan fingerprint density at radius 2 is 2.27 bits per heavy atom. The summed E-state index contributed by atoms with van der Waals surface area (Å²) in [6, 6.07) is 4.74. The van der Waals surface area contributed by atoms with Crippen LogP contribution >= 0.6 is 0 Å². The molecule has 1 aliphatic heterocycles. The molecule has 1 aliphatic rings. The van der Waals surface area contributed by atoms with Crippen molar-refractivity contribution in [1.29, 1.82) is 0 Å². The van der Waals surface area contributed by atoms with Gasteiger partial charge in [-0.2, -0.15) is 0 Å². The largest absolute Gasteiger partial charge is 0.396 e. The molecule has 0 bridgehead atoms. The number of hydrogen-bond donors (Lipinski definition) is 2. The molecule has 1 saturated heterocycles. The fourth-order valence-electron chi connectivity index (χ4n) is 2.46. The lowest BCUT2D eigenvalue weighted by Crippen LogP contribution is -2.51. The number of likely N-dealkylation sites (tertiary alicyclic amines) is 1. The van der Waals surface area contributed by atoms with Gasteiger partial charge in [-0.3, -0.25) is 9.72 Å². The molecule has 0 radical (unpaired) electrons. The molecule has 0 spiro atoms. The van der Waals surface area contributed by atoms with Crippen LogP contribution in [0.25, 0.3) is 5.65 Å². The van der Waals surface area contributed by atoms with Gasteiger partial charge in [0.15, 0.2) is 5.65 Å². The second-order valence-electron chi connectivity index (χ2n) is 5.22. The summed E-state index contributed by atoms with van der Waals surface area (Å²) >= 11 is 0. The van der Waals surface area contributed by atoms with E-state index in [1.54, 1.807) is 28.8 Å². The predicted molar refractivity (Wildman–Crippen MR) is 73.7 cm³/mol. The molecule has 118 valence electrons. The maximum Gasteiger partial charge on any atom is 0.324 e. The number of pyridine rings is 1. The van der Waals surface area contributed by atoms with Crippen molar-refractivity contribution < 1.29 is 18.7 Å². The predicted octanol–water partition coefficient (Wildman–Crippen LogP) is 1.21. The first-order chi connectivity index (χ1) is 10.5. The lowest BCUT2D eigenvalue weighted by atomic mass is 9.94. The van der Waals surface area contributed by atoms with Crippen molar-refractivity contribution in [3.63, 3.8) is 0 Å². The van der Waals surface area contributed by atoms with Gasteiger partial charge in [-0.15, -0.1) is 10.2 Å². The highest BCUT2D eigenvalue weighted by Crippen LogP contribution is 2.33. The Kier molecular flexibility index (Phi) is 3.65. The van der Waals surface area contributed by atoms with E-state index in [0.717, 1.165) is 0 Å². The number of urea groups is 1. The number of hydrogen-bond acceptors (Lipinski definition) is 4. The minimum absolute atomic E-state index is 0.0773. The molecule has 0 aromatic carbocycles. The van der Waals surface area contributed by atoms with E-state index < -0.39 is 30.9 Å². The van der Waals surface area contributed by atoms with Crippen molar-refractivity contribution in [2.24, 2.45) is 5.92 Å². The third-order valence-corrected chi connectivity index (χ3v) is 3.79. The summed E-state index contributed by atoms with van der Waals surface area (Å²) in [4.78, 5) is 13.4. The van der Waals surface area contributed by atoms with Crippen LogP contribution in [0.15, 0.2) is 24.4 Å². The Morgan fingerprint density at radius 3 is 3.05 bits per heavy atom. The zero-order valence-corrected chi connectivity index (χ0v) is 11.6. The van der Waals surface area contributed by atoms with Crippen LogP contribution in [0.3, 0.4) is 0 Å². The number of anilines is 1. The Bertz CT molecular complexity index is 690. The molecule has 7 nitrogen and oxygen atoms in total. The summed E-state index contributed by atoms with van der Waals surface area (Å²) < 4.78 is 28.7. The minimum atomic E-state index is -2.95. The molecule has 2 aromatic heterocycles. The van der Waals surface area contributed by atoms with Crippen LogP contribution in [-0.4, -0.2) is 56.3 Å². The Labute approximate surface area is 124 Å². The van der Waals surface area contributed by atoms with Crippen LogP contribution in [0, 0.1) is 5.92 Å². The maximum absolute atomic E-state index is 13.5. The van der Waals surface area contributed by atoms with Gasteiger partial charge in [0, 0.05) is 25.7 Å². The quantitative estimate of drug-likeness (QED) is 0.873. The SMILES string of the molecule is O=C(Nc1nnc2ccccn12)N1CCC(F)(F)C(CO)C1. The molecule has 2 N–H and O–H groups in total. The lowest BCUT2D eigenvalue weighted by Gasteiger charge is -2.37. The smallest absolute Gasteiger partial charge is 0.324 e. The van der Waals surface area contributed by atoms with E-state index in [2.05, 4.69) is 15.5 Å². The maximum atomic E-state index is 13.5. The standard InChI is InChI=1S/C13H15F2N5O2/c14-13(15)4-6-19(7-9(13)8-21)12(22)16-11-18-17-10-3-1-2-5-20(10)11/h1-3,5,9,21H,4,6-8H2,(H,16,18,22). The monoisotopic (exact) mass is 311 g/mol. The number of aliphatic hydroxyl groups is 1. The number of nitrogens with zero attached hydrogens (tertiary/aromatic N) is 4. The van der Waals surface area contributed by atoms with Crippen LogP contribution in [0.1, 0.15) is 6.42 Å². The topological polar surface area (TPSA) is 82.8 Å². The third-order valence-electron chi connectivity index (χ3n) is 3.79. The molecule has 2 amide bonds. The second kappa shape index (κ2) is 5.48. The van der Waals surface area contributed by atoms with Gasteiger partial charge in [-0.1, -0.05) is 6.07 Å². The van der Waals surface area contributed by atoms with E-state index in [4.69, 9.17) is 5.11 Å². The van der Waals surface area contributed by atoms with Gasteiger partial charge in [0.1, 0.15) is 0 Å². The summed E-state index contributed by atoms with van der Waals surface area (Å²) in [5.41, 5.74) is 0.566. The van der Waals surface area contributed by atoms with Crippen LogP contribution in [0.2, 0.25) is 0 Å². The van der Waals surface area contributed by atoms with E-state index in [9.17, 15) is 13.6 Å². The molecule has 3 heterocycles. The molecule has 0 saturated carbocycles. The van der Waals surface area contributed by atoms with Crippen molar-refractivity contribution in [1.82, 2.24) is 19.5 Å². The highest BCUT2D eigenvalue weighted by molar-refractivity contribution is 5.88. The highest BCUT2D eigenvalue weighted by Gasteiger charge is 2.44. The van der Waals surface area contributed by atoms with Crippen LogP contribution in [-0.2, 0) is 0 Å². The number of carbonyl (C=O) groups excluding carboxylic acids is 1. The van der Waals surface area contributed by atoms with Gasteiger partial charge < -0.3 is 10.0 Å². The number of carbonyl (C=O) groups is 1. The molecule has 1 unspecified atom stereocenters. The van der Waals surface area contributed by atoms with Crippen molar-refractivity contribution >= 4 is 17.6 Å². The average Bonchev–Trinajstić information content (AvgIpc) is 2.90. The molecule has 0 aliphatic carbocycles. The van der Waals surface area contributed by atoms with E-state index in [1.165, 1.54) is 4.90 Å². The van der Waals surface area contributed by atoms with Gasteiger partial charge in [0.25, 0.3) is 5.92 Å². The molecule has 22 heavy (non-hydrogen) atoms. The molecular weight excluding hydrogens is 296 g/mol. The van der Waals surface area contributed by atoms with E-state index in [0.29, 0.717) is 5.65 Å². The lowest BCUT2D eigenvalue weighted by molar-refractivity contribution is -0.111. The molecule has 3 rings (SSSR count). The van der Waals surface area contributed by atoms with E-state index in [-0.39, 0.29) is 19.0 Å². The van der Waals surface area contributed by atoms with Crippen molar-refractivity contribution in [3.05, 3.63) is 24.4 Å². The van der Waals surface area contributed by atoms with Crippen molar-refractivity contribution in [3.8, 4) is 0 Å². The highest BCUT2D eigenvalue weighted by atomic mass is 19.3. The minimum Gasteiger partial charge on any atom is -0.396 e. The number of alkyl halides is 2. The van der Waals surface area contributed by atoms with Crippen LogP contribution in [0.5, 0.6) is 0 Å². The first-order valence-electron chi connectivity index (χ1n) is 6.85. The number of aliphatic hydroxyl groups excluding tert-OH is 1. The van der Waals surface area contributed by atoms with E-state index in [1.807, 2.05) is 0 Å². The number of fused-ring (bicyclic) bond motifs is 1. The summed E-state index contributed by atoms with van der Waals surface area (Å²) in [6.07, 6.45) is 1.22. The van der Waals surface area contributed by atoms with Gasteiger partial charge in [-0.05, 0) is 12.1 Å². The number of halogens is 2. The van der Waals surface area contributed by atoms with Crippen LogP contribution in [0.4, 0.5) is 19.5 Å².